The van der Waals surface area contributed by atoms with E-state index in [2.05, 4.69) is 0 Å². The second kappa shape index (κ2) is 8.54. The van der Waals surface area contributed by atoms with E-state index in [1.54, 1.807) is 13.8 Å². The molecule has 0 spiro atoms. The highest BCUT2D eigenvalue weighted by atomic mass is 16.6. The van der Waals surface area contributed by atoms with Gasteiger partial charge >= 0.3 is 11.9 Å². The van der Waals surface area contributed by atoms with E-state index < -0.39 is 23.9 Å². The van der Waals surface area contributed by atoms with Crippen molar-refractivity contribution in [2.45, 2.75) is 26.8 Å². The lowest BCUT2D eigenvalue weighted by Crippen LogP contribution is -2.39. The summed E-state index contributed by atoms with van der Waals surface area (Å²) in [7, 11) is 3.66. The number of ether oxygens (including phenoxy) is 2. The number of rotatable bonds is 7. The Morgan fingerprint density at radius 2 is 1.45 bits per heavy atom. The first-order valence-corrected chi connectivity index (χ1v) is 7.48. The maximum Gasteiger partial charge on any atom is 0.322 e. The first-order chi connectivity index (χ1) is 10.4. The van der Waals surface area contributed by atoms with Gasteiger partial charge in [0.1, 0.15) is 0 Å². The lowest BCUT2D eigenvalue weighted by molar-refractivity contribution is -0.165. The molecule has 0 saturated heterocycles. The number of aryl methyl sites for hydroxylation is 1. The molecule has 0 heterocycles. The van der Waals surface area contributed by atoms with Gasteiger partial charge in [0.05, 0.1) is 19.3 Å². The zero-order valence-electron chi connectivity index (χ0n) is 14.0. The number of esters is 2. The second-order valence-electron chi connectivity index (χ2n) is 5.30. The molecule has 0 saturated carbocycles. The van der Waals surface area contributed by atoms with E-state index in [-0.39, 0.29) is 13.2 Å². The van der Waals surface area contributed by atoms with Crippen molar-refractivity contribution in [3.05, 3.63) is 35.4 Å². The van der Waals surface area contributed by atoms with Crippen molar-refractivity contribution in [2.24, 2.45) is 5.92 Å². The van der Waals surface area contributed by atoms with Gasteiger partial charge in [-0.15, -0.1) is 0 Å². The topological polar surface area (TPSA) is 55.8 Å². The predicted molar refractivity (Wildman–Crippen MR) is 84.4 cm³/mol. The molecule has 0 aliphatic carbocycles. The molecule has 22 heavy (non-hydrogen) atoms. The van der Waals surface area contributed by atoms with Crippen LogP contribution < -0.4 is 0 Å². The number of carbonyl (C=O) groups excluding carboxylic acids is 2. The normalized spacial score (nSPS) is 12.3. The molecule has 1 unspecified atom stereocenters. The Morgan fingerprint density at radius 1 is 1.00 bits per heavy atom. The average Bonchev–Trinajstić information content (AvgIpc) is 2.45. The van der Waals surface area contributed by atoms with Crippen LogP contribution in [-0.2, 0) is 19.1 Å². The summed E-state index contributed by atoms with van der Waals surface area (Å²) in [4.78, 5) is 26.4. The Balaban J connectivity index is 3.22. The minimum atomic E-state index is -1.00. The van der Waals surface area contributed by atoms with Crippen molar-refractivity contribution in [1.82, 2.24) is 4.90 Å². The lowest BCUT2D eigenvalue weighted by atomic mass is 9.91. The summed E-state index contributed by atoms with van der Waals surface area (Å²) in [6, 6.07) is 7.33. The summed E-state index contributed by atoms with van der Waals surface area (Å²) < 4.78 is 10.2. The highest BCUT2D eigenvalue weighted by Crippen LogP contribution is 2.29. The van der Waals surface area contributed by atoms with Gasteiger partial charge in [0.15, 0.2) is 5.92 Å². The van der Waals surface area contributed by atoms with E-state index in [4.69, 9.17) is 9.47 Å². The van der Waals surface area contributed by atoms with Gasteiger partial charge in [-0.25, -0.2) is 0 Å². The van der Waals surface area contributed by atoms with Crippen LogP contribution in [0.4, 0.5) is 0 Å². The molecule has 1 aromatic rings. The largest absolute Gasteiger partial charge is 0.465 e. The van der Waals surface area contributed by atoms with E-state index in [0.29, 0.717) is 0 Å². The van der Waals surface area contributed by atoms with Gasteiger partial charge in [-0.3, -0.25) is 9.59 Å². The van der Waals surface area contributed by atoms with Crippen LogP contribution in [0.2, 0.25) is 0 Å². The van der Waals surface area contributed by atoms with E-state index in [0.717, 1.165) is 11.1 Å². The number of hydrogen-bond acceptors (Lipinski definition) is 5. The number of hydrogen-bond donors (Lipinski definition) is 0. The Bertz CT molecular complexity index is 478. The molecule has 0 N–H and O–H groups in total. The van der Waals surface area contributed by atoms with Crippen LogP contribution in [0.3, 0.4) is 0 Å². The van der Waals surface area contributed by atoms with Crippen LogP contribution in [0.25, 0.3) is 0 Å². The first kappa shape index (κ1) is 18.2. The van der Waals surface area contributed by atoms with Gasteiger partial charge in [-0.05, 0) is 40.4 Å². The van der Waals surface area contributed by atoms with Gasteiger partial charge < -0.3 is 14.4 Å². The molecular weight excluding hydrogens is 282 g/mol. The molecule has 1 aromatic carbocycles. The molecule has 0 fully saturated rings. The zero-order valence-corrected chi connectivity index (χ0v) is 14.0. The lowest BCUT2D eigenvalue weighted by Gasteiger charge is -2.30. The number of carbonyl (C=O) groups is 2. The fourth-order valence-electron chi connectivity index (χ4n) is 2.37. The number of nitrogens with zero attached hydrogens (tertiary/aromatic N) is 1. The highest BCUT2D eigenvalue weighted by molar-refractivity contribution is 5.96. The van der Waals surface area contributed by atoms with Gasteiger partial charge in [0, 0.05) is 0 Å². The van der Waals surface area contributed by atoms with Crippen LogP contribution in [0.15, 0.2) is 24.3 Å². The molecular formula is C17H25NO4. The molecule has 1 rings (SSSR count). The summed E-state index contributed by atoms with van der Waals surface area (Å²) >= 11 is 0. The Hall–Kier alpha value is -1.88. The van der Waals surface area contributed by atoms with Crippen molar-refractivity contribution in [2.75, 3.05) is 27.3 Å². The third-order valence-electron chi connectivity index (χ3n) is 3.37. The smallest absolute Gasteiger partial charge is 0.322 e. The Labute approximate surface area is 132 Å². The summed E-state index contributed by atoms with van der Waals surface area (Å²) in [5, 5.41) is 0. The summed E-state index contributed by atoms with van der Waals surface area (Å²) in [6.45, 7) is 5.88. The van der Waals surface area contributed by atoms with E-state index in [1.165, 1.54) is 0 Å². The standard InChI is InChI=1S/C17H25NO4/c1-6-21-16(19)14(17(20)22-7-2)15(18(4)5)13-10-8-12(3)9-11-13/h8-11,14-15H,6-7H2,1-5H3. The Morgan fingerprint density at radius 3 is 1.82 bits per heavy atom. The van der Waals surface area contributed by atoms with Gasteiger partial charge in [-0.1, -0.05) is 29.8 Å². The summed E-state index contributed by atoms with van der Waals surface area (Å²) in [5.41, 5.74) is 1.99. The molecule has 1 atom stereocenters. The molecule has 0 aliphatic rings. The minimum Gasteiger partial charge on any atom is -0.465 e. The fourth-order valence-corrected chi connectivity index (χ4v) is 2.37. The van der Waals surface area contributed by atoms with Crippen LogP contribution in [0.5, 0.6) is 0 Å². The van der Waals surface area contributed by atoms with Gasteiger partial charge in [0.2, 0.25) is 0 Å². The Kier molecular flexibility index (Phi) is 7.05. The van der Waals surface area contributed by atoms with Crippen LogP contribution >= 0.6 is 0 Å². The average molecular weight is 307 g/mol. The van der Waals surface area contributed by atoms with E-state index in [1.807, 2.05) is 50.2 Å². The molecule has 5 nitrogen and oxygen atoms in total. The molecule has 0 radical (unpaired) electrons. The van der Waals surface area contributed by atoms with E-state index >= 15 is 0 Å². The zero-order chi connectivity index (χ0) is 16.7. The fraction of sp³-hybridized carbons (Fsp3) is 0.529. The quantitative estimate of drug-likeness (QED) is 0.571. The summed E-state index contributed by atoms with van der Waals surface area (Å²) in [6.07, 6.45) is 0. The first-order valence-electron chi connectivity index (χ1n) is 7.48. The highest BCUT2D eigenvalue weighted by Gasteiger charge is 2.39. The van der Waals surface area contributed by atoms with Crippen molar-refractivity contribution in [3.8, 4) is 0 Å². The molecule has 122 valence electrons. The van der Waals surface area contributed by atoms with Crippen LogP contribution in [-0.4, -0.2) is 44.1 Å². The SMILES string of the molecule is CCOC(=O)C(C(=O)OCC)C(c1ccc(C)cc1)N(C)C. The summed E-state index contributed by atoms with van der Waals surface area (Å²) in [5.74, 6) is -2.11. The van der Waals surface area contributed by atoms with Crippen molar-refractivity contribution in [3.63, 3.8) is 0 Å². The number of benzene rings is 1. The van der Waals surface area contributed by atoms with Crippen LogP contribution in [0.1, 0.15) is 31.0 Å². The van der Waals surface area contributed by atoms with Crippen molar-refractivity contribution < 1.29 is 19.1 Å². The minimum absolute atomic E-state index is 0.225. The van der Waals surface area contributed by atoms with Crippen molar-refractivity contribution in [1.29, 1.82) is 0 Å². The third kappa shape index (κ3) is 4.56. The second-order valence-corrected chi connectivity index (χ2v) is 5.30. The van der Waals surface area contributed by atoms with Gasteiger partial charge in [-0.2, -0.15) is 0 Å². The van der Waals surface area contributed by atoms with Gasteiger partial charge in [0.25, 0.3) is 0 Å². The maximum atomic E-state index is 12.3. The molecule has 0 bridgehead atoms. The molecule has 0 amide bonds. The molecule has 0 aromatic heterocycles. The predicted octanol–water partition coefficient (Wildman–Crippen LogP) is 2.34. The van der Waals surface area contributed by atoms with Crippen LogP contribution in [0, 0.1) is 12.8 Å². The maximum absolute atomic E-state index is 12.3. The monoisotopic (exact) mass is 307 g/mol. The van der Waals surface area contributed by atoms with Crippen molar-refractivity contribution >= 4 is 11.9 Å². The molecule has 5 heteroatoms. The van der Waals surface area contributed by atoms with E-state index in [9.17, 15) is 9.59 Å². The molecule has 0 aliphatic heterocycles. The third-order valence-corrected chi connectivity index (χ3v) is 3.37.